The third-order valence-electron chi connectivity index (χ3n) is 2.27. The maximum absolute atomic E-state index is 11.1. The van der Waals surface area contributed by atoms with Crippen LogP contribution >= 0.6 is 11.3 Å². The Morgan fingerprint density at radius 1 is 1.33 bits per heavy atom. The van der Waals surface area contributed by atoms with E-state index >= 15 is 0 Å². The molecule has 5 heteroatoms. The van der Waals surface area contributed by atoms with Crippen LogP contribution in [0.4, 0.5) is 0 Å². The molecule has 0 bridgehead atoms. The third-order valence-corrected chi connectivity index (χ3v) is 3.68. The second-order valence-electron chi connectivity index (χ2n) is 4.57. The zero-order valence-electron chi connectivity index (χ0n) is 11.2. The monoisotopic (exact) mass is 272 g/mol. The first kappa shape index (κ1) is 15.0. The Hall–Kier alpha value is -1.07. The fourth-order valence-corrected chi connectivity index (χ4v) is 2.31. The Labute approximate surface area is 112 Å². The number of hydrogen-bond donors (Lipinski definition) is 1. The van der Waals surface area contributed by atoms with Gasteiger partial charge in [0.1, 0.15) is 12.4 Å². The second-order valence-corrected chi connectivity index (χ2v) is 5.65. The molecule has 0 aliphatic carbocycles. The van der Waals surface area contributed by atoms with Crippen molar-refractivity contribution in [2.24, 2.45) is 0 Å². The normalized spacial score (nSPS) is 11.2. The van der Waals surface area contributed by atoms with Gasteiger partial charge in [0.15, 0.2) is 4.88 Å². The van der Waals surface area contributed by atoms with Gasteiger partial charge in [-0.15, -0.1) is 11.3 Å². The van der Waals surface area contributed by atoms with Crippen molar-refractivity contribution in [2.45, 2.75) is 39.7 Å². The molecular weight excluding hydrogens is 252 g/mol. The van der Waals surface area contributed by atoms with Gasteiger partial charge < -0.3 is 14.6 Å². The minimum absolute atomic E-state index is 0.154. The van der Waals surface area contributed by atoms with Crippen LogP contribution in [0.5, 0.6) is 5.75 Å². The molecule has 0 atom stereocenters. The molecule has 0 spiro atoms. The van der Waals surface area contributed by atoms with Crippen molar-refractivity contribution >= 4 is 17.3 Å². The van der Waals surface area contributed by atoms with Crippen molar-refractivity contribution in [3.8, 4) is 5.75 Å². The van der Waals surface area contributed by atoms with E-state index in [0.29, 0.717) is 24.9 Å². The van der Waals surface area contributed by atoms with Gasteiger partial charge in [-0.25, -0.2) is 4.79 Å². The van der Waals surface area contributed by atoms with Crippen LogP contribution in [-0.2, 0) is 4.74 Å². The number of thiophene rings is 1. The molecule has 1 aromatic heterocycles. The van der Waals surface area contributed by atoms with E-state index in [4.69, 9.17) is 14.6 Å². The van der Waals surface area contributed by atoms with Crippen LogP contribution in [0, 0.1) is 0 Å². The van der Waals surface area contributed by atoms with E-state index in [1.54, 1.807) is 0 Å². The third kappa shape index (κ3) is 4.31. The molecule has 102 valence electrons. The van der Waals surface area contributed by atoms with Crippen molar-refractivity contribution in [3.63, 3.8) is 0 Å². The summed E-state index contributed by atoms with van der Waals surface area (Å²) in [6.45, 7) is 8.79. The summed E-state index contributed by atoms with van der Waals surface area (Å²) in [5.41, 5.74) is 0. The number of carbonyl (C=O) groups is 1. The molecule has 0 saturated carbocycles. The van der Waals surface area contributed by atoms with E-state index in [2.05, 4.69) is 0 Å². The van der Waals surface area contributed by atoms with E-state index in [1.807, 2.05) is 33.8 Å². The van der Waals surface area contributed by atoms with Gasteiger partial charge >= 0.3 is 5.97 Å². The molecule has 1 rings (SSSR count). The minimum Gasteiger partial charge on any atom is -0.489 e. The highest BCUT2D eigenvalue weighted by molar-refractivity contribution is 7.14. The number of aromatic carboxylic acids is 1. The number of carboxylic acids is 1. The van der Waals surface area contributed by atoms with Crippen molar-refractivity contribution in [2.75, 3.05) is 13.2 Å². The minimum atomic E-state index is -0.938. The molecule has 0 saturated heterocycles. The topological polar surface area (TPSA) is 55.8 Å². The molecule has 0 aliphatic heterocycles. The highest BCUT2D eigenvalue weighted by Gasteiger charge is 2.18. The fourth-order valence-electron chi connectivity index (χ4n) is 1.37. The average molecular weight is 272 g/mol. The predicted octanol–water partition coefficient (Wildman–Crippen LogP) is 3.37. The van der Waals surface area contributed by atoms with E-state index in [9.17, 15) is 4.79 Å². The Bertz CT molecular complexity index is 396. The molecule has 0 aliphatic rings. The van der Waals surface area contributed by atoms with E-state index < -0.39 is 5.97 Å². The van der Waals surface area contributed by atoms with Crippen molar-refractivity contribution in [3.05, 3.63) is 15.8 Å². The number of hydrogen-bond acceptors (Lipinski definition) is 4. The summed E-state index contributed by atoms with van der Waals surface area (Å²) in [7, 11) is 0. The lowest BCUT2D eigenvalue weighted by molar-refractivity contribution is 0.0541. The molecular formula is C13H20O4S. The van der Waals surface area contributed by atoms with Crippen molar-refractivity contribution in [1.82, 2.24) is 0 Å². The molecule has 1 heterocycles. The quantitative estimate of drug-likeness (QED) is 0.773. The second kappa shape index (κ2) is 6.75. The highest BCUT2D eigenvalue weighted by atomic mass is 32.1. The summed E-state index contributed by atoms with van der Waals surface area (Å²) in [4.78, 5) is 12.4. The molecule has 1 aromatic rings. The maximum Gasteiger partial charge on any atom is 0.349 e. The Balaban J connectivity index is 2.65. The van der Waals surface area contributed by atoms with Gasteiger partial charge in [-0.2, -0.15) is 0 Å². The fraction of sp³-hybridized carbons (Fsp3) is 0.615. The summed E-state index contributed by atoms with van der Waals surface area (Å²) in [5.74, 6) is -0.187. The van der Waals surface area contributed by atoms with Crippen LogP contribution in [0.1, 0.15) is 48.2 Å². The van der Waals surface area contributed by atoms with Crippen LogP contribution < -0.4 is 4.74 Å². The first-order valence-electron chi connectivity index (χ1n) is 6.03. The van der Waals surface area contributed by atoms with Crippen molar-refractivity contribution in [1.29, 1.82) is 0 Å². The van der Waals surface area contributed by atoms with Gasteiger partial charge in [-0.3, -0.25) is 0 Å². The van der Waals surface area contributed by atoms with Gasteiger partial charge in [0.2, 0.25) is 0 Å². The summed E-state index contributed by atoms with van der Waals surface area (Å²) in [6.07, 6.45) is 0.154. The zero-order valence-corrected chi connectivity index (χ0v) is 12.0. The van der Waals surface area contributed by atoms with Gasteiger partial charge in [0.25, 0.3) is 0 Å². The summed E-state index contributed by atoms with van der Waals surface area (Å²) in [6, 6.07) is 1.81. The maximum atomic E-state index is 11.1. The highest BCUT2D eigenvalue weighted by Crippen LogP contribution is 2.33. The molecule has 0 unspecified atom stereocenters. The lowest BCUT2D eigenvalue weighted by Gasteiger charge is -2.08. The van der Waals surface area contributed by atoms with Crippen LogP contribution in [0.3, 0.4) is 0 Å². The smallest absolute Gasteiger partial charge is 0.349 e. The van der Waals surface area contributed by atoms with Crippen LogP contribution in [0.15, 0.2) is 6.07 Å². The zero-order chi connectivity index (χ0) is 13.7. The van der Waals surface area contributed by atoms with E-state index in [-0.39, 0.29) is 11.0 Å². The molecule has 4 nitrogen and oxygen atoms in total. The first-order chi connectivity index (χ1) is 8.41. The lowest BCUT2D eigenvalue weighted by Crippen LogP contribution is -2.12. The molecule has 0 fully saturated rings. The average Bonchev–Trinajstić information content (AvgIpc) is 2.68. The predicted molar refractivity (Wildman–Crippen MR) is 72.0 cm³/mol. The van der Waals surface area contributed by atoms with Gasteiger partial charge in [0.05, 0.1) is 12.7 Å². The van der Waals surface area contributed by atoms with Gasteiger partial charge in [0, 0.05) is 4.88 Å². The number of ether oxygens (including phenoxy) is 2. The largest absolute Gasteiger partial charge is 0.489 e. The van der Waals surface area contributed by atoms with E-state index in [0.717, 1.165) is 4.88 Å². The van der Waals surface area contributed by atoms with Gasteiger partial charge in [-0.05, 0) is 25.8 Å². The molecule has 0 aromatic carbocycles. The SMILES string of the molecule is CC(C)OCCOc1cc(C(C)C)sc1C(=O)O. The summed E-state index contributed by atoms with van der Waals surface area (Å²) >= 11 is 1.27. The molecule has 18 heavy (non-hydrogen) atoms. The van der Waals surface area contributed by atoms with Gasteiger partial charge in [-0.1, -0.05) is 13.8 Å². The van der Waals surface area contributed by atoms with Crippen LogP contribution in [0.25, 0.3) is 0 Å². The molecule has 0 amide bonds. The molecule has 0 radical (unpaired) electrons. The van der Waals surface area contributed by atoms with E-state index in [1.165, 1.54) is 11.3 Å². The lowest BCUT2D eigenvalue weighted by atomic mass is 10.2. The molecule has 1 N–H and O–H groups in total. The number of rotatable bonds is 7. The summed E-state index contributed by atoms with van der Waals surface area (Å²) < 4.78 is 10.8. The Morgan fingerprint density at radius 2 is 2.00 bits per heavy atom. The van der Waals surface area contributed by atoms with Crippen LogP contribution in [0.2, 0.25) is 0 Å². The van der Waals surface area contributed by atoms with Crippen LogP contribution in [-0.4, -0.2) is 30.4 Å². The Kier molecular flexibility index (Phi) is 5.62. The number of carboxylic acid groups (broad SMARTS) is 1. The standard InChI is InChI=1S/C13H20O4S/c1-8(2)11-7-10(12(18-11)13(14)15)17-6-5-16-9(3)4/h7-9H,5-6H2,1-4H3,(H,14,15). The first-order valence-corrected chi connectivity index (χ1v) is 6.85. The van der Waals surface area contributed by atoms with Crippen molar-refractivity contribution < 1.29 is 19.4 Å². The summed E-state index contributed by atoms with van der Waals surface area (Å²) in [5, 5.41) is 9.10. The Morgan fingerprint density at radius 3 is 2.50 bits per heavy atom.